The molecule has 0 unspecified atom stereocenters. The van der Waals surface area contributed by atoms with E-state index in [4.69, 9.17) is 5.11 Å². The van der Waals surface area contributed by atoms with E-state index in [-0.39, 0.29) is 6.79 Å². The molecule has 0 saturated heterocycles. The lowest BCUT2D eigenvalue weighted by Gasteiger charge is -2.08. The molecule has 0 bridgehead atoms. The summed E-state index contributed by atoms with van der Waals surface area (Å²) in [5.41, 5.74) is 0. The van der Waals surface area contributed by atoms with E-state index in [0.29, 0.717) is 6.61 Å². The van der Waals surface area contributed by atoms with Crippen LogP contribution in [0.25, 0.3) is 0 Å². The van der Waals surface area contributed by atoms with Gasteiger partial charge in [0.15, 0.2) is 0 Å². The maximum absolute atomic E-state index is 11.5. The van der Waals surface area contributed by atoms with E-state index >= 15 is 0 Å². The molecule has 5 heteroatoms. The fourth-order valence-electron chi connectivity index (χ4n) is 0.307. The van der Waals surface area contributed by atoms with E-state index in [9.17, 15) is 8.78 Å². The SMILES string of the molecule is CCOCOCC(O)(F)F. The van der Waals surface area contributed by atoms with E-state index in [0.717, 1.165) is 0 Å². The third kappa shape index (κ3) is 7.74. The van der Waals surface area contributed by atoms with Gasteiger partial charge in [0.25, 0.3) is 0 Å². The minimum atomic E-state index is -3.75. The molecule has 0 heterocycles. The molecule has 0 aromatic rings. The lowest BCUT2D eigenvalue weighted by Crippen LogP contribution is -2.23. The third-order valence-electron chi connectivity index (χ3n) is 0.647. The summed E-state index contributed by atoms with van der Waals surface area (Å²) in [7, 11) is 0. The van der Waals surface area contributed by atoms with Crippen molar-refractivity contribution in [3.05, 3.63) is 0 Å². The fourth-order valence-corrected chi connectivity index (χ4v) is 0.307. The summed E-state index contributed by atoms with van der Waals surface area (Å²) >= 11 is 0. The predicted octanol–water partition coefficient (Wildman–Crippen LogP) is 0.582. The maximum Gasteiger partial charge on any atom is 0.376 e. The minimum absolute atomic E-state index is 0.216. The first-order chi connectivity index (χ1) is 4.56. The van der Waals surface area contributed by atoms with Crippen molar-refractivity contribution in [2.75, 3.05) is 20.0 Å². The number of alkyl halides is 2. The molecule has 10 heavy (non-hydrogen) atoms. The second kappa shape index (κ2) is 4.54. The van der Waals surface area contributed by atoms with Crippen LogP contribution in [0.15, 0.2) is 0 Å². The topological polar surface area (TPSA) is 38.7 Å². The Morgan fingerprint density at radius 3 is 2.40 bits per heavy atom. The summed E-state index contributed by atoms with van der Waals surface area (Å²) in [4.78, 5) is 0. The van der Waals surface area contributed by atoms with Gasteiger partial charge in [-0.2, -0.15) is 8.78 Å². The Labute approximate surface area is 57.6 Å². The van der Waals surface area contributed by atoms with Gasteiger partial charge < -0.3 is 14.6 Å². The highest BCUT2D eigenvalue weighted by molar-refractivity contribution is 4.41. The highest BCUT2D eigenvalue weighted by Crippen LogP contribution is 2.07. The molecule has 0 aromatic carbocycles. The van der Waals surface area contributed by atoms with Crippen molar-refractivity contribution in [3.8, 4) is 0 Å². The Morgan fingerprint density at radius 1 is 1.40 bits per heavy atom. The number of hydrogen-bond donors (Lipinski definition) is 1. The van der Waals surface area contributed by atoms with Gasteiger partial charge in [-0.3, -0.25) is 0 Å². The molecule has 3 nitrogen and oxygen atoms in total. The predicted molar refractivity (Wildman–Crippen MR) is 29.6 cm³/mol. The Kier molecular flexibility index (Phi) is 4.42. The Bertz CT molecular complexity index is 81.5. The van der Waals surface area contributed by atoms with Crippen molar-refractivity contribution in [3.63, 3.8) is 0 Å². The summed E-state index contributed by atoms with van der Waals surface area (Å²) in [6.07, 6.45) is -3.75. The van der Waals surface area contributed by atoms with Crippen molar-refractivity contribution >= 4 is 0 Å². The highest BCUT2D eigenvalue weighted by atomic mass is 19.3. The zero-order chi connectivity index (χ0) is 8.04. The van der Waals surface area contributed by atoms with Crippen LogP contribution in [0.3, 0.4) is 0 Å². The van der Waals surface area contributed by atoms with E-state index in [1.807, 2.05) is 0 Å². The van der Waals surface area contributed by atoms with E-state index in [1.54, 1.807) is 6.92 Å². The molecule has 0 atom stereocenters. The van der Waals surface area contributed by atoms with Crippen LogP contribution >= 0.6 is 0 Å². The Morgan fingerprint density at radius 2 is 2.00 bits per heavy atom. The Hall–Kier alpha value is -0.260. The molecule has 0 fully saturated rings. The van der Waals surface area contributed by atoms with Crippen LogP contribution in [0.4, 0.5) is 8.78 Å². The highest BCUT2D eigenvalue weighted by Gasteiger charge is 2.23. The third-order valence-corrected chi connectivity index (χ3v) is 0.647. The first-order valence-electron chi connectivity index (χ1n) is 2.82. The number of rotatable bonds is 5. The van der Waals surface area contributed by atoms with Gasteiger partial charge in [0, 0.05) is 6.61 Å². The molecule has 0 aromatic heterocycles. The quantitative estimate of drug-likeness (QED) is 0.467. The lowest BCUT2D eigenvalue weighted by atomic mass is 10.7. The zero-order valence-electron chi connectivity index (χ0n) is 5.64. The summed E-state index contributed by atoms with van der Waals surface area (Å²) in [5.74, 6) is 0. The van der Waals surface area contributed by atoms with Gasteiger partial charge in [0.05, 0.1) is 0 Å². The number of halogens is 2. The van der Waals surface area contributed by atoms with Gasteiger partial charge >= 0.3 is 6.11 Å². The summed E-state index contributed by atoms with van der Waals surface area (Å²) in [5, 5.41) is 7.80. The monoisotopic (exact) mass is 156 g/mol. The molecule has 0 spiro atoms. The van der Waals surface area contributed by atoms with E-state index in [1.165, 1.54) is 0 Å². The normalized spacial score (nSPS) is 12.0. The average molecular weight is 156 g/mol. The van der Waals surface area contributed by atoms with Crippen LogP contribution in [0.5, 0.6) is 0 Å². The molecule has 0 aliphatic rings. The molecule has 0 amide bonds. The smallest absolute Gasteiger partial charge is 0.356 e. The van der Waals surface area contributed by atoms with Crippen molar-refractivity contribution in [1.29, 1.82) is 0 Å². The van der Waals surface area contributed by atoms with Crippen molar-refractivity contribution in [2.45, 2.75) is 13.0 Å². The second-order valence-electron chi connectivity index (χ2n) is 1.62. The molecule has 0 saturated carbocycles. The molecule has 1 N–H and O–H groups in total. The van der Waals surface area contributed by atoms with Gasteiger partial charge in [0.1, 0.15) is 13.4 Å². The van der Waals surface area contributed by atoms with Crippen LogP contribution in [0, 0.1) is 0 Å². The summed E-state index contributed by atoms with van der Waals surface area (Å²) in [6.45, 7) is 0.872. The molecule has 62 valence electrons. The molecular weight excluding hydrogens is 146 g/mol. The van der Waals surface area contributed by atoms with Crippen LogP contribution < -0.4 is 0 Å². The Balaban J connectivity index is 3.04. The van der Waals surface area contributed by atoms with E-state index in [2.05, 4.69) is 9.47 Å². The minimum Gasteiger partial charge on any atom is -0.356 e. The number of aliphatic hydroxyl groups is 1. The van der Waals surface area contributed by atoms with Crippen molar-refractivity contribution in [1.82, 2.24) is 0 Å². The summed E-state index contributed by atoms with van der Waals surface area (Å²) < 4.78 is 31.8. The molecule has 0 aliphatic heterocycles. The van der Waals surface area contributed by atoms with Gasteiger partial charge in [-0.15, -0.1) is 0 Å². The fraction of sp³-hybridized carbons (Fsp3) is 1.00. The first-order valence-corrected chi connectivity index (χ1v) is 2.82. The van der Waals surface area contributed by atoms with Crippen LogP contribution in [-0.2, 0) is 9.47 Å². The summed E-state index contributed by atoms with van der Waals surface area (Å²) in [6, 6.07) is 0. The standard InChI is InChI=1S/C5H10F2O3/c1-2-9-4-10-3-5(6,7)8/h8H,2-4H2,1H3. The second-order valence-corrected chi connectivity index (χ2v) is 1.62. The van der Waals surface area contributed by atoms with Gasteiger partial charge in [-0.1, -0.05) is 0 Å². The first kappa shape index (κ1) is 9.74. The molecule has 0 aliphatic carbocycles. The molecule has 0 radical (unpaired) electrons. The van der Waals surface area contributed by atoms with Gasteiger partial charge in [-0.25, -0.2) is 0 Å². The lowest BCUT2D eigenvalue weighted by molar-refractivity contribution is -0.244. The van der Waals surface area contributed by atoms with E-state index < -0.39 is 12.7 Å². The molecule has 0 rings (SSSR count). The maximum atomic E-state index is 11.5. The van der Waals surface area contributed by atoms with Crippen LogP contribution in [0.2, 0.25) is 0 Å². The van der Waals surface area contributed by atoms with Gasteiger partial charge in [-0.05, 0) is 6.92 Å². The average Bonchev–Trinajstić information content (AvgIpc) is 1.78. The largest absolute Gasteiger partial charge is 0.376 e. The van der Waals surface area contributed by atoms with Crippen LogP contribution in [-0.4, -0.2) is 31.2 Å². The van der Waals surface area contributed by atoms with Crippen LogP contribution in [0.1, 0.15) is 6.92 Å². The zero-order valence-corrected chi connectivity index (χ0v) is 5.64. The van der Waals surface area contributed by atoms with Crippen molar-refractivity contribution < 1.29 is 23.4 Å². The number of hydrogen-bond acceptors (Lipinski definition) is 3. The van der Waals surface area contributed by atoms with Crippen molar-refractivity contribution in [2.24, 2.45) is 0 Å². The number of ether oxygens (including phenoxy) is 2. The van der Waals surface area contributed by atoms with Gasteiger partial charge in [0.2, 0.25) is 0 Å². The molecular formula is C5H10F2O3.